The SMILES string of the molecule is CCCCCCCCCC(C)COCC(C)OS(=O)(=O)O. The molecule has 21 heavy (non-hydrogen) atoms. The minimum atomic E-state index is -4.38. The van der Waals surface area contributed by atoms with Crippen LogP contribution in [-0.4, -0.2) is 32.3 Å². The van der Waals surface area contributed by atoms with Gasteiger partial charge in [-0.15, -0.1) is 0 Å². The van der Waals surface area contributed by atoms with Crippen molar-refractivity contribution >= 4 is 10.4 Å². The molecular weight excluding hydrogens is 292 g/mol. The lowest BCUT2D eigenvalue weighted by Crippen LogP contribution is -2.21. The first-order chi connectivity index (χ1) is 9.85. The molecule has 0 aliphatic rings. The van der Waals surface area contributed by atoms with Crippen molar-refractivity contribution in [2.75, 3.05) is 13.2 Å². The predicted octanol–water partition coefficient (Wildman–Crippen LogP) is 3.99. The molecule has 0 heterocycles. The molecule has 0 aromatic rings. The van der Waals surface area contributed by atoms with Gasteiger partial charge >= 0.3 is 10.4 Å². The molecule has 0 aromatic carbocycles. The minimum absolute atomic E-state index is 0.168. The second-order valence-corrected chi connectivity index (χ2v) is 6.94. The van der Waals surface area contributed by atoms with Crippen LogP contribution < -0.4 is 0 Å². The van der Waals surface area contributed by atoms with Crippen LogP contribution in [0.2, 0.25) is 0 Å². The molecule has 0 aliphatic carbocycles. The summed E-state index contributed by atoms with van der Waals surface area (Å²) in [7, 11) is -4.38. The van der Waals surface area contributed by atoms with Gasteiger partial charge in [0, 0.05) is 6.61 Å². The van der Waals surface area contributed by atoms with Crippen LogP contribution in [0, 0.1) is 5.92 Å². The minimum Gasteiger partial charge on any atom is -0.378 e. The Balaban J connectivity index is 3.44. The molecule has 0 saturated heterocycles. The summed E-state index contributed by atoms with van der Waals surface area (Å²) in [6.07, 6.45) is 9.58. The number of hydrogen-bond acceptors (Lipinski definition) is 4. The van der Waals surface area contributed by atoms with Crippen LogP contribution in [0.1, 0.15) is 72.1 Å². The molecule has 0 aromatic heterocycles. The molecular formula is C15H32O5S. The number of hydrogen-bond donors (Lipinski definition) is 1. The Labute approximate surface area is 130 Å². The molecule has 2 unspecified atom stereocenters. The van der Waals surface area contributed by atoms with Crippen LogP contribution in [0.3, 0.4) is 0 Å². The third-order valence-corrected chi connectivity index (χ3v) is 3.91. The summed E-state index contributed by atoms with van der Waals surface area (Å²) in [6, 6.07) is 0. The lowest BCUT2D eigenvalue weighted by atomic mass is 10.0. The summed E-state index contributed by atoms with van der Waals surface area (Å²) in [6.45, 7) is 6.67. The van der Waals surface area contributed by atoms with Gasteiger partial charge in [0.2, 0.25) is 0 Å². The Morgan fingerprint density at radius 3 is 2.10 bits per heavy atom. The van der Waals surface area contributed by atoms with Crippen molar-refractivity contribution < 1.29 is 21.9 Å². The zero-order chi connectivity index (χ0) is 16.1. The van der Waals surface area contributed by atoms with E-state index in [0.29, 0.717) is 12.5 Å². The summed E-state index contributed by atoms with van der Waals surface area (Å²) in [5, 5.41) is 0. The van der Waals surface area contributed by atoms with Gasteiger partial charge in [0.25, 0.3) is 0 Å². The van der Waals surface area contributed by atoms with Crippen molar-refractivity contribution in [3.8, 4) is 0 Å². The molecule has 0 fully saturated rings. The Hall–Kier alpha value is -0.170. The summed E-state index contributed by atoms with van der Waals surface area (Å²) < 4.78 is 39.3. The first-order valence-corrected chi connectivity index (χ1v) is 9.45. The van der Waals surface area contributed by atoms with Crippen molar-refractivity contribution in [2.24, 2.45) is 5.92 Å². The number of rotatable bonds is 14. The van der Waals surface area contributed by atoms with Crippen molar-refractivity contribution in [1.82, 2.24) is 0 Å². The van der Waals surface area contributed by atoms with Crippen LogP contribution in [0.5, 0.6) is 0 Å². The fourth-order valence-corrected chi connectivity index (χ4v) is 2.67. The van der Waals surface area contributed by atoms with Gasteiger partial charge in [0.15, 0.2) is 0 Å². The van der Waals surface area contributed by atoms with Crippen LogP contribution in [0.25, 0.3) is 0 Å². The fourth-order valence-electron chi connectivity index (χ4n) is 2.20. The molecule has 0 rings (SSSR count). The predicted molar refractivity (Wildman–Crippen MR) is 84.7 cm³/mol. The second kappa shape index (κ2) is 12.4. The average Bonchev–Trinajstić information content (AvgIpc) is 2.35. The van der Waals surface area contributed by atoms with Gasteiger partial charge in [-0.1, -0.05) is 58.8 Å². The van der Waals surface area contributed by atoms with Crippen LogP contribution >= 0.6 is 0 Å². The highest BCUT2D eigenvalue weighted by Gasteiger charge is 2.12. The van der Waals surface area contributed by atoms with E-state index in [1.807, 2.05) is 0 Å². The van der Waals surface area contributed by atoms with Crippen molar-refractivity contribution in [2.45, 2.75) is 78.2 Å². The van der Waals surface area contributed by atoms with E-state index in [4.69, 9.17) is 9.29 Å². The first kappa shape index (κ1) is 20.8. The Morgan fingerprint density at radius 1 is 0.952 bits per heavy atom. The largest absolute Gasteiger partial charge is 0.397 e. The standard InChI is InChI=1S/C15H32O5S/c1-4-5-6-7-8-9-10-11-14(2)12-19-13-15(3)20-21(16,17)18/h14-15H,4-13H2,1-3H3,(H,16,17,18). The Bertz CT molecular complexity index is 329. The highest BCUT2D eigenvalue weighted by molar-refractivity contribution is 7.80. The van der Waals surface area contributed by atoms with Gasteiger partial charge in [-0.3, -0.25) is 4.55 Å². The maximum absolute atomic E-state index is 10.5. The van der Waals surface area contributed by atoms with E-state index < -0.39 is 16.5 Å². The Morgan fingerprint density at radius 2 is 1.52 bits per heavy atom. The van der Waals surface area contributed by atoms with E-state index in [2.05, 4.69) is 18.0 Å². The molecule has 128 valence electrons. The highest BCUT2D eigenvalue weighted by Crippen LogP contribution is 2.13. The van der Waals surface area contributed by atoms with Crippen LogP contribution in [-0.2, 0) is 19.3 Å². The van der Waals surface area contributed by atoms with Crippen molar-refractivity contribution in [3.63, 3.8) is 0 Å². The molecule has 0 spiro atoms. The van der Waals surface area contributed by atoms with Gasteiger partial charge < -0.3 is 4.74 Å². The molecule has 0 saturated carbocycles. The van der Waals surface area contributed by atoms with Crippen molar-refractivity contribution in [3.05, 3.63) is 0 Å². The monoisotopic (exact) mass is 324 g/mol. The lowest BCUT2D eigenvalue weighted by Gasteiger charge is -2.14. The number of unbranched alkanes of at least 4 members (excludes halogenated alkanes) is 6. The summed E-state index contributed by atoms with van der Waals surface area (Å²) in [5.41, 5.74) is 0. The quantitative estimate of drug-likeness (QED) is 0.386. The molecule has 0 bridgehead atoms. The van der Waals surface area contributed by atoms with Gasteiger partial charge in [0.1, 0.15) is 0 Å². The zero-order valence-electron chi connectivity index (χ0n) is 13.7. The van der Waals surface area contributed by atoms with Gasteiger partial charge in [-0.25, -0.2) is 4.18 Å². The Kier molecular flexibility index (Phi) is 12.3. The maximum Gasteiger partial charge on any atom is 0.397 e. The van der Waals surface area contributed by atoms with Gasteiger partial charge in [-0.05, 0) is 19.3 Å². The molecule has 0 aliphatic heterocycles. The average molecular weight is 324 g/mol. The fraction of sp³-hybridized carbons (Fsp3) is 1.00. The zero-order valence-corrected chi connectivity index (χ0v) is 14.5. The van der Waals surface area contributed by atoms with E-state index in [-0.39, 0.29) is 6.61 Å². The van der Waals surface area contributed by atoms with Crippen LogP contribution in [0.15, 0.2) is 0 Å². The normalized spacial score (nSPS) is 15.0. The summed E-state index contributed by atoms with van der Waals surface area (Å²) in [5.74, 6) is 0.457. The maximum atomic E-state index is 10.5. The van der Waals surface area contributed by atoms with Crippen molar-refractivity contribution in [1.29, 1.82) is 0 Å². The highest BCUT2D eigenvalue weighted by atomic mass is 32.3. The molecule has 6 heteroatoms. The smallest absolute Gasteiger partial charge is 0.378 e. The molecule has 1 N–H and O–H groups in total. The summed E-state index contributed by atoms with van der Waals surface area (Å²) >= 11 is 0. The first-order valence-electron chi connectivity index (χ1n) is 8.08. The molecule has 0 radical (unpaired) electrons. The summed E-state index contributed by atoms with van der Waals surface area (Å²) in [4.78, 5) is 0. The van der Waals surface area contributed by atoms with Crippen LogP contribution in [0.4, 0.5) is 0 Å². The van der Waals surface area contributed by atoms with E-state index in [1.54, 1.807) is 6.92 Å². The third-order valence-electron chi connectivity index (χ3n) is 3.34. The van der Waals surface area contributed by atoms with Gasteiger partial charge in [-0.2, -0.15) is 8.42 Å². The van der Waals surface area contributed by atoms with E-state index in [0.717, 1.165) is 6.42 Å². The second-order valence-electron chi connectivity index (χ2n) is 5.89. The van der Waals surface area contributed by atoms with E-state index >= 15 is 0 Å². The topological polar surface area (TPSA) is 72.8 Å². The molecule has 2 atom stereocenters. The molecule has 5 nitrogen and oxygen atoms in total. The van der Waals surface area contributed by atoms with E-state index in [1.165, 1.54) is 44.9 Å². The molecule has 0 amide bonds. The number of ether oxygens (including phenoxy) is 1. The van der Waals surface area contributed by atoms with E-state index in [9.17, 15) is 8.42 Å². The third kappa shape index (κ3) is 16.0. The van der Waals surface area contributed by atoms with Gasteiger partial charge in [0.05, 0.1) is 12.7 Å². The lowest BCUT2D eigenvalue weighted by molar-refractivity contribution is 0.0388.